The first kappa shape index (κ1) is 17.1. The van der Waals surface area contributed by atoms with E-state index in [0.29, 0.717) is 5.13 Å². The van der Waals surface area contributed by atoms with E-state index in [-0.39, 0.29) is 12.3 Å². The van der Waals surface area contributed by atoms with E-state index >= 15 is 0 Å². The summed E-state index contributed by atoms with van der Waals surface area (Å²) in [4.78, 5) is 39.7. The van der Waals surface area contributed by atoms with Crippen molar-refractivity contribution in [3.63, 3.8) is 0 Å². The van der Waals surface area contributed by atoms with Crippen molar-refractivity contribution in [3.8, 4) is 0 Å². The van der Waals surface area contributed by atoms with Crippen molar-refractivity contribution in [1.82, 2.24) is 10.3 Å². The average molecular weight is 426 g/mol. The topological polar surface area (TPSA) is 88.2 Å². The van der Waals surface area contributed by atoms with Crippen LogP contribution in [0.2, 0.25) is 0 Å². The molecule has 1 atom stereocenters. The molecular weight excluding hydrogens is 414 g/mol. The predicted molar refractivity (Wildman–Crippen MR) is 97.2 cm³/mol. The van der Waals surface area contributed by atoms with E-state index in [1.165, 1.54) is 11.3 Å². The van der Waals surface area contributed by atoms with Crippen LogP contribution in [0.15, 0.2) is 34.9 Å². The summed E-state index contributed by atoms with van der Waals surface area (Å²) in [6.45, 7) is 0. The normalized spacial score (nSPS) is 17.0. The highest BCUT2D eigenvalue weighted by Crippen LogP contribution is 2.25. The first-order chi connectivity index (χ1) is 11.5. The summed E-state index contributed by atoms with van der Waals surface area (Å²) in [5.74, 6) is -0.753. The van der Waals surface area contributed by atoms with Crippen LogP contribution in [0, 0.1) is 0 Å². The average Bonchev–Trinajstić information content (AvgIpc) is 3.08. The Morgan fingerprint density at radius 2 is 2.04 bits per heavy atom. The van der Waals surface area contributed by atoms with E-state index in [4.69, 9.17) is 0 Å². The monoisotopic (exact) mass is 425 g/mol. The van der Waals surface area contributed by atoms with Crippen LogP contribution in [0.4, 0.5) is 9.93 Å². The molecule has 1 aromatic carbocycles. The SMILES string of the molecule is O=C(C[C@H]1SC(=O)NC1=O)Nc1ncc(Cc2ccc(Br)cc2)s1. The number of nitrogens with one attached hydrogen (secondary N) is 2. The molecule has 0 unspecified atom stereocenters. The van der Waals surface area contributed by atoms with Crippen LogP contribution in [0.1, 0.15) is 16.9 Å². The zero-order chi connectivity index (χ0) is 17.1. The number of thioether (sulfide) groups is 1. The van der Waals surface area contributed by atoms with Gasteiger partial charge in [0.15, 0.2) is 5.13 Å². The number of amides is 3. The third-order valence-corrected chi connectivity index (χ3v) is 5.65. The Kier molecular flexibility index (Phi) is 5.32. The minimum Gasteiger partial charge on any atom is -0.302 e. The molecule has 0 radical (unpaired) electrons. The first-order valence-electron chi connectivity index (χ1n) is 7.00. The van der Waals surface area contributed by atoms with Gasteiger partial charge in [-0.15, -0.1) is 11.3 Å². The van der Waals surface area contributed by atoms with Gasteiger partial charge in [0.1, 0.15) is 5.25 Å². The summed E-state index contributed by atoms with van der Waals surface area (Å²) in [6.07, 6.45) is 2.41. The minimum absolute atomic E-state index is 0.0517. The molecule has 3 amide bonds. The summed E-state index contributed by atoms with van der Waals surface area (Å²) >= 11 is 5.63. The highest BCUT2D eigenvalue weighted by atomic mass is 79.9. The van der Waals surface area contributed by atoms with Crippen molar-refractivity contribution in [1.29, 1.82) is 0 Å². The lowest BCUT2D eigenvalue weighted by molar-refractivity contribution is -0.122. The number of aromatic nitrogens is 1. The Hall–Kier alpha value is -1.71. The molecule has 1 aliphatic rings. The van der Waals surface area contributed by atoms with E-state index in [1.54, 1.807) is 6.20 Å². The highest BCUT2D eigenvalue weighted by Gasteiger charge is 2.33. The fourth-order valence-corrected chi connectivity index (χ4v) is 4.06. The molecule has 0 saturated carbocycles. The van der Waals surface area contributed by atoms with E-state index in [0.717, 1.165) is 33.1 Å². The van der Waals surface area contributed by atoms with E-state index in [9.17, 15) is 14.4 Å². The third kappa shape index (κ3) is 4.43. The molecule has 0 aliphatic carbocycles. The Balaban J connectivity index is 1.55. The van der Waals surface area contributed by atoms with Gasteiger partial charge in [-0.1, -0.05) is 39.8 Å². The van der Waals surface area contributed by atoms with E-state index < -0.39 is 16.4 Å². The molecule has 2 N–H and O–H groups in total. The van der Waals surface area contributed by atoms with Gasteiger partial charge >= 0.3 is 0 Å². The maximum atomic E-state index is 12.0. The lowest BCUT2D eigenvalue weighted by atomic mass is 10.1. The van der Waals surface area contributed by atoms with Crippen LogP contribution < -0.4 is 10.6 Å². The summed E-state index contributed by atoms with van der Waals surface area (Å²) in [6, 6.07) is 8.00. The molecular formula is C15H12BrN3O3S2. The van der Waals surface area contributed by atoms with Crippen LogP contribution in [0.5, 0.6) is 0 Å². The van der Waals surface area contributed by atoms with Gasteiger partial charge in [0.05, 0.1) is 0 Å². The molecule has 124 valence electrons. The number of hydrogen-bond donors (Lipinski definition) is 2. The predicted octanol–water partition coefficient (Wildman–Crippen LogP) is 3.18. The number of carbonyl (C=O) groups excluding carboxylic acids is 3. The number of nitrogens with zero attached hydrogens (tertiary/aromatic N) is 1. The van der Waals surface area contributed by atoms with Gasteiger partial charge < -0.3 is 5.32 Å². The molecule has 6 nitrogen and oxygen atoms in total. The lowest BCUT2D eigenvalue weighted by Gasteiger charge is -2.04. The molecule has 1 fully saturated rings. The van der Waals surface area contributed by atoms with Crippen LogP contribution in [-0.2, 0) is 16.0 Å². The Labute approximate surface area is 154 Å². The molecule has 2 aromatic rings. The lowest BCUT2D eigenvalue weighted by Crippen LogP contribution is -2.27. The van der Waals surface area contributed by atoms with Crippen molar-refractivity contribution in [2.45, 2.75) is 18.1 Å². The molecule has 2 heterocycles. The van der Waals surface area contributed by atoms with Gasteiger partial charge in [0.25, 0.3) is 5.24 Å². The van der Waals surface area contributed by atoms with Gasteiger partial charge in [-0.2, -0.15) is 0 Å². The second-order valence-corrected chi connectivity index (χ2v) is 8.28. The molecule has 9 heteroatoms. The quantitative estimate of drug-likeness (QED) is 0.767. The fraction of sp³-hybridized carbons (Fsp3) is 0.200. The molecule has 0 spiro atoms. The van der Waals surface area contributed by atoms with Crippen molar-refractivity contribution < 1.29 is 14.4 Å². The maximum absolute atomic E-state index is 12.0. The molecule has 0 bridgehead atoms. The number of thiazole rings is 1. The number of hydrogen-bond acceptors (Lipinski definition) is 6. The molecule has 1 aromatic heterocycles. The standard InChI is InChI=1S/C15H12BrN3O3S2/c16-9-3-1-8(2-4-9)5-10-7-17-14(23-10)18-12(20)6-11-13(21)19-15(22)24-11/h1-4,7,11H,5-6H2,(H,17,18,20)(H,19,21,22)/t11-/m1/s1. The number of imide groups is 1. The smallest absolute Gasteiger partial charge is 0.286 e. The van der Waals surface area contributed by atoms with Crippen LogP contribution in [0.3, 0.4) is 0 Å². The van der Waals surface area contributed by atoms with Crippen molar-refractivity contribution in [2.75, 3.05) is 5.32 Å². The molecule has 3 rings (SSSR count). The Morgan fingerprint density at radius 3 is 2.71 bits per heavy atom. The maximum Gasteiger partial charge on any atom is 0.286 e. The van der Waals surface area contributed by atoms with Gasteiger partial charge in [-0.25, -0.2) is 4.98 Å². The largest absolute Gasteiger partial charge is 0.302 e. The first-order valence-corrected chi connectivity index (χ1v) is 9.49. The number of carbonyl (C=O) groups is 3. The fourth-order valence-electron chi connectivity index (χ4n) is 2.12. The number of anilines is 1. The van der Waals surface area contributed by atoms with Crippen LogP contribution >= 0.6 is 39.0 Å². The van der Waals surface area contributed by atoms with Gasteiger partial charge in [-0.3, -0.25) is 19.7 Å². The zero-order valence-electron chi connectivity index (χ0n) is 12.2. The molecule has 24 heavy (non-hydrogen) atoms. The van der Waals surface area contributed by atoms with E-state index in [2.05, 4.69) is 31.5 Å². The van der Waals surface area contributed by atoms with Crippen molar-refractivity contribution in [2.24, 2.45) is 0 Å². The zero-order valence-corrected chi connectivity index (χ0v) is 15.5. The van der Waals surface area contributed by atoms with Crippen LogP contribution in [0.25, 0.3) is 0 Å². The van der Waals surface area contributed by atoms with Gasteiger partial charge in [0.2, 0.25) is 11.8 Å². The van der Waals surface area contributed by atoms with E-state index in [1.807, 2.05) is 24.3 Å². The molecule has 1 saturated heterocycles. The van der Waals surface area contributed by atoms with Crippen molar-refractivity contribution in [3.05, 3.63) is 45.4 Å². The summed E-state index contributed by atoms with van der Waals surface area (Å²) < 4.78 is 1.02. The summed E-state index contributed by atoms with van der Waals surface area (Å²) in [7, 11) is 0. The second kappa shape index (κ2) is 7.45. The number of rotatable bonds is 5. The Morgan fingerprint density at radius 1 is 1.29 bits per heavy atom. The minimum atomic E-state index is -0.667. The Bertz CT molecular complexity index is 792. The number of halogens is 1. The molecule has 1 aliphatic heterocycles. The summed E-state index contributed by atoms with van der Waals surface area (Å²) in [5.41, 5.74) is 1.15. The van der Waals surface area contributed by atoms with Gasteiger partial charge in [-0.05, 0) is 17.7 Å². The highest BCUT2D eigenvalue weighted by molar-refractivity contribution is 9.10. The summed E-state index contributed by atoms with van der Waals surface area (Å²) in [5, 5.41) is 4.24. The van der Waals surface area contributed by atoms with Gasteiger partial charge in [0, 0.05) is 28.4 Å². The third-order valence-electron chi connectivity index (χ3n) is 3.23. The number of benzene rings is 1. The van der Waals surface area contributed by atoms with Crippen LogP contribution in [-0.4, -0.2) is 27.3 Å². The van der Waals surface area contributed by atoms with Crippen molar-refractivity contribution >= 4 is 61.2 Å². The second-order valence-electron chi connectivity index (χ2n) is 5.07.